The van der Waals surface area contributed by atoms with Crippen LogP contribution in [0.4, 0.5) is 0 Å². The molecule has 146 valence electrons. The number of sulfonamides is 1. The third-order valence-corrected chi connectivity index (χ3v) is 6.53. The number of aryl methyl sites for hydroxylation is 2. The fourth-order valence-electron chi connectivity index (χ4n) is 3.47. The first-order chi connectivity index (χ1) is 11.9. The van der Waals surface area contributed by atoms with Crippen LogP contribution in [0, 0.1) is 25.7 Å². The topological polar surface area (TPSA) is 122 Å². The Labute approximate surface area is 153 Å². The van der Waals surface area contributed by atoms with Gasteiger partial charge in [0.05, 0.1) is 23.3 Å². The van der Waals surface area contributed by atoms with Crippen molar-refractivity contribution in [1.82, 2.24) is 19.4 Å². The minimum atomic E-state index is -3.92. The highest BCUT2D eigenvalue weighted by Gasteiger charge is 2.35. The van der Waals surface area contributed by atoms with Crippen molar-refractivity contribution in [2.45, 2.75) is 45.1 Å². The van der Waals surface area contributed by atoms with Crippen molar-refractivity contribution in [3.8, 4) is 0 Å². The molecule has 0 aliphatic carbocycles. The number of carbonyl (C=O) groups excluding carboxylic acids is 1. The summed E-state index contributed by atoms with van der Waals surface area (Å²) in [5, 5.41) is 13.3. The summed E-state index contributed by atoms with van der Waals surface area (Å²) >= 11 is 0. The summed E-state index contributed by atoms with van der Waals surface area (Å²) in [5.41, 5.74) is 0.835. The van der Waals surface area contributed by atoms with Crippen LogP contribution in [-0.4, -0.2) is 59.2 Å². The molecule has 0 bridgehead atoms. The number of nitrogens with zero attached hydrogens (tertiary/aromatic N) is 3. The Morgan fingerprint density at radius 2 is 1.92 bits per heavy atom. The zero-order valence-corrected chi connectivity index (χ0v) is 16.5. The number of piperidine rings is 1. The quantitative estimate of drug-likeness (QED) is 0.749. The molecule has 2 N–H and O–H groups in total. The van der Waals surface area contributed by atoms with Crippen molar-refractivity contribution < 1.29 is 23.1 Å². The number of likely N-dealkylation sites (tertiary alicyclic amines) is 1. The van der Waals surface area contributed by atoms with Crippen LogP contribution in [0.25, 0.3) is 0 Å². The minimum absolute atomic E-state index is 0.0421. The van der Waals surface area contributed by atoms with Crippen molar-refractivity contribution in [3.05, 3.63) is 11.4 Å². The number of aromatic nitrogens is 2. The number of aliphatic carboxylic acids is 1. The van der Waals surface area contributed by atoms with E-state index < -0.39 is 33.9 Å². The fraction of sp³-hybridized carbons (Fsp3) is 0.688. The van der Waals surface area contributed by atoms with Crippen LogP contribution < -0.4 is 4.72 Å². The Hall–Kier alpha value is -1.94. The Morgan fingerprint density at radius 3 is 2.42 bits per heavy atom. The van der Waals surface area contributed by atoms with Crippen molar-refractivity contribution in [2.75, 3.05) is 13.1 Å². The zero-order valence-electron chi connectivity index (χ0n) is 15.7. The zero-order chi connectivity index (χ0) is 19.8. The number of nitrogens with one attached hydrogen (secondary N) is 1. The molecule has 0 saturated carbocycles. The van der Waals surface area contributed by atoms with E-state index in [1.807, 2.05) is 6.92 Å². The first-order valence-electron chi connectivity index (χ1n) is 8.48. The molecule has 1 aliphatic rings. The van der Waals surface area contributed by atoms with Gasteiger partial charge in [0.2, 0.25) is 15.9 Å². The summed E-state index contributed by atoms with van der Waals surface area (Å²) in [7, 11) is -2.27. The number of carboxylic acid groups (broad SMARTS) is 1. The SMILES string of the molecule is Cc1nn(C)c(C)c1S(=O)(=O)NC(C)C(=O)N1CC(C)CC(C(=O)O)C1. The predicted molar refractivity (Wildman–Crippen MR) is 94.0 cm³/mol. The van der Waals surface area contributed by atoms with E-state index in [4.69, 9.17) is 0 Å². The molecule has 3 atom stereocenters. The second kappa shape index (κ2) is 7.36. The van der Waals surface area contributed by atoms with Crippen LogP contribution in [0.15, 0.2) is 4.90 Å². The molecule has 1 aromatic rings. The van der Waals surface area contributed by atoms with Crippen LogP contribution in [0.1, 0.15) is 31.7 Å². The summed E-state index contributed by atoms with van der Waals surface area (Å²) in [4.78, 5) is 25.4. The average molecular weight is 386 g/mol. The van der Waals surface area contributed by atoms with Gasteiger partial charge in [-0.2, -0.15) is 9.82 Å². The Morgan fingerprint density at radius 1 is 1.31 bits per heavy atom. The Balaban J connectivity index is 2.16. The number of carbonyl (C=O) groups is 2. The van der Waals surface area contributed by atoms with Gasteiger partial charge >= 0.3 is 5.97 Å². The van der Waals surface area contributed by atoms with Gasteiger partial charge in [-0.1, -0.05) is 6.92 Å². The first kappa shape index (κ1) is 20.4. The molecule has 9 nitrogen and oxygen atoms in total. The maximum absolute atomic E-state index is 12.7. The van der Waals surface area contributed by atoms with E-state index in [1.54, 1.807) is 20.9 Å². The van der Waals surface area contributed by atoms with Crippen molar-refractivity contribution in [1.29, 1.82) is 0 Å². The Kier molecular flexibility index (Phi) is 5.76. The molecule has 1 amide bonds. The summed E-state index contributed by atoms with van der Waals surface area (Å²) in [6.07, 6.45) is 0.507. The van der Waals surface area contributed by atoms with Crippen LogP contribution in [0.5, 0.6) is 0 Å². The number of amides is 1. The molecule has 1 saturated heterocycles. The monoisotopic (exact) mass is 386 g/mol. The lowest BCUT2D eigenvalue weighted by molar-refractivity contribution is -0.147. The molecular weight excluding hydrogens is 360 g/mol. The highest BCUT2D eigenvalue weighted by atomic mass is 32.2. The number of carboxylic acids is 1. The van der Waals surface area contributed by atoms with Gasteiger partial charge in [0.15, 0.2) is 0 Å². The lowest BCUT2D eigenvalue weighted by atomic mass is 9.90. The van der Waals surface area contributed by atoms with Gasteiger partial charge in [-0.05, 0) is 33.1 Å². The maximum atomic E-state index is 12.7. The third-order valence-electron chi connectivity index (χ3n) is 4.73. The lowest BCUT2D eigenvalue weighted by Crippen LogP contribution is -2.52. The summed E-state index contributed by atoms with van der Waals surface area (Å²) < 4.78 is 29.3. The highest BCUT2D eigenvalue weighted by molar-refractivity contribution is 7.89. The standard InChI is InChI=1S/C16H26N4O5S/c1-9-6-13(16(22)23)8-20(7-9)15(21)11(3)18-26(24,25)14-10(2)17-19(5)12(14)4/h9,11,13,18H,6-8H2,1-5H3,(H,22,23). The second-order valence-corrected chi connectivity index (χ2v) is 8.74. The largest absolute Gasteiger partial charge is 0.481 e. The number of rotatable bonds is 5. The van der Waals surface area contributed by atoms with Crippen LogP contribution in [-0.2, 0) is 26.7 Å². The van der Waals surface area contributed by atoms with Gasteiger partial charge in [0, 0.05) is 20.1 Å². The molecule has 2 heterocycles. The second-order valence-electron chi connectivity index (χ2n) is 7.09. The highest BCUT2D eigenvalue weighted by Crippen LogP contribution is 2.23. The van der Waals surface area contributed by atoms with E-state index >= 15 is 0 Å². The van der Waals surface area contributed by atoms with Crippen molar-refractivity contribution in [2.24, 2.45) is 18.9 Å². The first-order valence-corrected chi connectivity index (χ1v) is 9.96. The Bertz CT molecular complexity index is 817. The van der Waals surface area contributed by atoms with E-state index in [-0.39, 0.29) is 17.4 Å². The van der Waals surface area contributed by atoms with Gasteiger partial charge in [-0.15, -0.1) is 0 Å². The van der Waals surface area contributed by atoms with Crippen LogP contribution in [0.2, 0.25) is 0 Å². The van der Waals surface area contributed by atoms with Crippen LogP contribution in [0.3, 0.4) is 0 Å². The summed E-state index contributed by atoms with van der Waals surface area (Å²) in [5.74, 6) is -1.95. The maximum Gasteiger partial charge on any atom is 0.308 e. The molecular formula is C16H26N4O5S. The van der Waals surface area contributed by atoms with Gasteiger partial charge in [0.1, 0.15) is 4.90 Å². The van der Waals surface area contributed by atoms with E-state index in [0.717, 1.165) is 0 Å². The van der Waals surface area contributed by atoms with E-state index in [2.05, 4.69) is 9.82 Å². The van der Waals surface area contributed by atoms with Gasteiger partial charge < -0.3 is 10.0 Å². The van der Waals surface area contributed by atoms with Gasteiger partial charge in [-0.25, -0.2) is 8.42 Å². The summed E-state index contributed by atoms with van der Waals surface area (Å²) in [6.45, 7) is 7.10. The van der Waals surface area contributed by atoms with Gasteiger partial charge in [0.25, 0.3) is 0 Å². The molecule has 2 rings (SSSR count). The molecule has 10 heteroatoms. The van der Waals surface area contributed by atoms with E-state index in [9.17, 15) is 23.1 Å². The molecule has 1 fully saturated rings. The fourth-order valence-corrected chi connectivity index (χ4v) is 5.10. The number of hydrogen-bond donors (Lipinski definition) is 2. The molecule has 0 radical (unpaired) electrons. The molecule has 1 aromatic heterocycles. The predicted octanol–water partition coefficient (Wildman–Crippen LogP) is 0.273. The third kappa shape index (κ3) is 4.07. The molecule has 0 aromatic carbocycles. The number of hydrogen-bond acceptors (Lipinski definition) is 5. The van der Waals surface area contributed by atoms with E-state index in [1.165, 1.54) is 16.5 Å². The van der Waals surface area contributed by atoms with Crippen LogP contribution >= 0.6 is 0 Å². The summed E-state index contributed by atoms with van der Waals surface area (Å²) in [6, 6.07) is -1.00. The van der Waals surface area contributed by atoms with Crippen molar-refractivity contribution in [3.63, 3.8) is 0 Å². The minimum Gasteiger partial charge on any atom is -0.481 e. The molecule has 1 aliphatic heterocycles. The van der Waals surface area contributed by atoms with Gasteiger partial charge in [-0.3, -0.25) is 14.3 Å². The average Bonchev–Trinajstić information content (AvgIpc) is 2.78. The lowest BCUT2D eigenvalue weighted by Gasteiger charge is -2.36. The normalized spacial score (nSPS) is 22.3. The van der Waals surface area contributed by atoms with Crippen molar-refractivity contribution >= 4 is 21.9 Å². The van der Waals surface area contributed by atoms with E-state index in [0.29, 0.717) is 24.4 Å². The molecule has 26 heavy (non-hydrogen) atoms. The smallest absolute Gasteiger partial charge is 0.308 e. The molecule has 0 spiro atoms. The molecule has 3 unspecified atom stereocenters.